The third-order valence-electron chi connectivity index (χ3n) is 2.49. The zero-order chi connectivity index (χ0) is 9.42. The van der Waals surface area contributed by atoms with Crippen molar-refractivity contribution in [2.24, 2.45) is 5.73 Å². The zero-order valence-corrected chi connectivity index (χ0v) is 7.55. The summed E-state index contributed by atoms with van der Waals surface area (Å²) in [5.74, 6) is 0. The SMILES string of the molecule is CC1OCC2OCC(N)[C@@H](O)[C@H]2O1. The number of hydrogen-bond donors (Lipinski definition) is 2. The number of hydrogen-bond acceptors (Lipinski definition) is 5. The van der Waals surface area contributed by atoms with E-state index in [1.54, 1.807) is 6.92 Å². The van der Waals surface area contributed by atoms with Crippen molar-refractivity contribution < 1.29 is 19.3 Å². The highest BCUT2D eigenvalue weighted by molar-refractivity contribution is 4.91. The quantitative estimate of drug-likeness (QED) is 0.502. The number of nitrogens with two attached hydrogens (primary N) is 1. The number of fused-ring (bicyclic) bond motifs is 1. The van der Waals surface area contributed by atoms with E-state index in [0.717, 1.165) is 0 Å². The second-order valence-corrected chi connectivity index (χ2v) is 3.53. The molecule has 5 nitrogen and oxygen atoms in total. The summed E-state index contributed by atoms with van der Waals surface area (Å²) in [5.41, 5.74) is 5.63. The molecule has 2 fully saturated rings. The topological polar surface area (TPSA) is 73.9 Å². The third-order valence-corrected chi connectivity index (χ3v) is 2.49. The van der Waals surface area contributed by atoms with E-state index in [4.69, 9.17) is 19.9 Å². The Morgan fingerprint density at radius 1 is 1.31 bits per heavy atom. The molecular weight excluding hydrogens is 174 g/mol. The van der Waals surface area contributed by atoms with Crippen LogP contribution in [-0.2, 0) is 14.2 Å². The van der Waals surface area contributed by atoms with Crippen molar-refractivity contribution in [1.29, 1.82) is 0 Å². The minimum Gasteiger partial charge on any atom is -0.389 e. The molecule has 0 bridgehead atoms. The average Bonchev–Trinajstić information content (AvgIpc) is 2.12. The average molecular weight is 189 g/mol. The van der Waals surface area contributed by atoms with Crippen molar-refractivity contribution in [3.63, 3.8) is 0 Å². The molecule has 0 saturated carbocycles. The van der Waals surface area contributed by atoms with Gasteiger partial charge in [0.1, 0.15) is 18.3 Å². The first-order chi connectivity index (χ1) is 6.18. The Morgan fingerprint density at radius 2 is 2.08 bits per heavy atom. The first kappa shape index (κ1) is 9.36. The van der Waals surface area contributed by atoms with Crippen LogP contribution in [0.3, 0.4) is 0 Å². The number of rotatable bonds is 0. The Kier molecular flexibility index (Phi) is 2.53. The second-order valence-electron chi connectivity index (χ2n) is 3.53. The molecule has 3 unspecified atom stereocenters. The highest BCUT2D eigenvalue weighted by atomic mass is 16.7. The monoisotopic (exact) mass is 189 g/mol. The lowest BCUT2D eigenvalue weighted by atomic mass is 9.98. The number of aliphatic hydroxyl groups excluding tert-OH is 1. The highest BCUT2D eigenvalue weighted by Gasteiger charge is 2.42. The van der Waals surface area contributed by atoms with Crippen LogP contribution in [0, 0.1) is 0 Å². The molecule has 2 rings (SSSR count). The van der Waals surface area contributed by atoms with Crippen LogP contribution in [0.1, 0.15) is 6.92 Å². The molecule has 2 saturated heterocycles. The summed E-state index contributed by atoms with van der Waals surface area (Å²) in [5, 5.41) is 9.71. The van der Waals surface area contributed by atoms with Crippen LogP contribution in [0.25, 0.3) is 0 Å². The van der Waals surface area contributed by atoms with E-state index in [1.165, 1.54) is 0 Å². The van der Waals surface area contributed by atoms with Gasteiger partial charge < -0.3 is 25.1 Å². The molecule has 2 aliphatic rings. The Balaban J connectivity index is 2.04. The van der Waals surface area contributed by atoms with Gasteiger partial charge in [0.2, 0.25) is 0 Å². The van der Waals surface area contributed by atoms with Crippen molar-refractivity contribution in [3.8, 4) is 0 Å². The second kappa shape index (κ2) is 3.51. The summed E-state index contributed by atoms with van der Waals surface area (Å²) in [4.78, 5) is 0. The maximum atomic E-state index is 9.71. The summed E-state index contributed by atoms with van der Waals surface area (Å²) in [6.45, 7) is 2.63. The zero-order valence-electron chi connectivity index (χ0n) is 7.55. The van der Waals surface area contributed by atoms with Crippen molar-refractivity contribution in [2.75, 3.05) is 13.2 Å². The van der Waals surface area contributed by atoms with Crippen LogP contribution in [0.5, 0.6) is 0 Å². The summed E-state index contributed by atoms with van der Waals surface area (Å²) in [7, 11) is 0. The fourth-order valence-corrected chi connectivity index (χ4v) is 1.69. The fraction of sp³-hybridized carbons (Fsp3) is 1.00. The van der Waals surface area contributed by atoms with Gasteiger partial charge in [0.25, 0.3) is 0 Å². The predicted octanol–water partition coefficient (Wildman–Crippen LogP) is -1.17. The van der Waals surface area contributed by atoms with Crippen molar-refractivity contribution in [2.45, 2.75) is 37.6 Å². The smallest absolute Gasteiger partial charge is 0.155 e. The van der Waals surface area contributed by atoms with E-state index >= 15 is 0 Å². The number of ether oxygens (including phenoxy) is 3. The summed E-state index contributed by atoms with van der Waals surface area (Å²) < 4.78 is 16.0. The van der Waals surface area contributed by atoms with Gasteiger partial charge in [-0.3, -0.25) is 0 Å². The van der Waals surface area contributed by atoms with Gasteiger partial charge in [-0.1, -0.05) is 0 Å². The van der Waals surface area contributed by atoms with Crippen LogP contribution < -0.4 is 5.73 Å². The van der Waals surface area contributed by atoms with Crippen LogP contribution in [0.4, 0.5) is 0 Å². The molecule has 0 radical (unpaired) electrons. The van der Waals surface area contributed by atoms with Gasteiger partial charge in [0.05, 0.1) is 19.3 Å². The molecule has 76 valence electrons. The molecule has 0 aromatic heterocycles. The minimum absolute atomic E-state index is 0.175. The molecule has 2 heterocycles. The standard InChI is InChI=1S/C8H15NO4/c1-4-11-3-6-8(13-4)7(10)5(9)2-12-6/h4-8,10H,2-3,9H2,1H3/t4?,5?,6?,7-,8+/m1/s1. The third kappa shape index (κ3) is 1.70. The molecule has 0 aromatic carbocycles. The van der Waals surface area contributed by atoms with E-state index in [9.17, 15) is 5.11 Å². The largest absolute Gasteiger partial charge is 0.389 e. The van der Waals surface area contributed by atoms with Crippen molar-refractivity contribution in [1.82, 2.24) is 0 Å². The normalized spacial score (nSPS) is 51.5. The first-order valence-electron chi connectivity index (χ1n) is 4.51. The lowest BCUT2D eigenvalue weighted by molar-refractivity contribution is -0.291. The van der Waals surface area contributed by atoms with Gasteiger partial charge in [0.15, 0.2) is 6.29 Å². The van der Waals surface area contributed by atoms with E-state index in [-0.39, 0.29) is 24.5 Å². The lowest BCUT2D eigenvalue weighted by Gasteiger charge is -2.43. The molecule has 0 spiro atoms. The van der Waals surface area contributed by atoms with Gasteiger partial charge in [-0.15, -0.1) is 0 Å². The molecule has 13 heavy (non-hydrogen) atoms. The van der Waals surface area contributed by atoms with Crippen LogP contribution in [-0.4, -0.2) is 49.0 Å². The van der Waals surface area contributed by atoms with Gasteiger partial charge in [-0.2, -0.15) is 0 Å². The van der Waals surface area contributed by atoms with Gasteiger partial charge in [-0.25, -0.2) is 0 Å². The lowest BCUT2D eigenvalue weighted by Crippen LogP contribution is -2.61. The van der Waals surface area contributed by atoms with Crippen molar-refractivity contribution in [3.05, 3.63) is 0 Å². The van der Waals surface area contributed by atoms with Gasteiger partial charge in [-0.05, 0) is 6.92 Å². The van der Waals surface area contributed by atoms with Gasteiger partial charge >= 0.3 is 0 Å². The summed E-state index contributed by atoms with van der Waals surface area (Å²) in [6, 6.07) is -0.355. The highest BCUT2D eigenvalue weighted by Crippen LogP contribution is 2.23. The molecule has 5 atom stereocenters. The minimum atomic E-state index is -0.648. The molecule has 5 heteroatoms. The van der Waals surface area contributed by atoms with Crippen LogP contribution in [0.15, 0.2) is 0 Å². The van der Waals surface area contributed by atoms with Crippen LogP contribution in [0.2, 0.25) is 0 Å². The van der Waals surface area contributed by atoms with E-state index in [2.05, 4.69) is 0 Å². The van der Waals surface area contributed by atoms with E-state index in [0.29, 0.717) is 13.2 Å². The Bertz CT molecular complexity index is 185. The van der Waals surface area contributed by atoms with E-state index < -0.39 is 6.10 Å². The molecule has 3 N–H and O–H groups in total. The van der Waals surface area contributed by atoms with E-state index in [1.807, 2.05) is 0 Å². The first-order valence-corrected chi connectivity index (χ1v) is 4.51. The Morgan fingerprint density at radius 3 is 2.85 bits per heavy atom. The molecule has 0 aromatic rings. The fourth-order valence-electron chi connectivity index (χ4n) is 1.69. The van der Waals surface area contributed by atoms with Crippen molar-refractivity contribution >= 4 is 0 Å². The molecule has 0 aliphatic carbocycles. The van der Waals surface area contributed by atoms with Crippen LogP contribution >= 0.6 is 0 Å². The summed E-state index contributed by atoms with van der Waals surface area (Å²) >= 11 is 0. The molecule has 2 aliphatic heterocycles. The Hall–Kier alpha value is -0.200. The molecule has 0 amide bonds. The summed E-state index contributed by atoms with van der Waals surface area (Å²) in [6.07, 6.45) is -1.45. The maximum absolute atomic E-state index is 9.71. The number of aliphatic hydroxyl groups is 1. The van der Waals surface area contributed by atoms with Gasteiger partial charge in [0, 0.05) is 0 Å². The maximum Gasteiger partial charge on any atom is 0.155 e. The Labute approximate surface area is 76.8 Å². The molecular formula is C8H15NO4. The predicted molar refractivity (Wildman–Crippen MR) is 44.0 cm³/mol.